The predicted octanol–water partition coefficient (Wildman–Crippen LogP) is 4.83. The first-order valence-corrected chi connectivity index (χ1v) is 13.9. The fourth-order valence-electron chi connectivity index (χ4n) is 5.62. The molecule has 1 aromatic carbocycles. The molecule has 4 aromatic rings. The number of aromatic amines is 2. The van der Waals surface area contributed by atoms with Gasteiger partial charge in [-0.15, -0.1) is 0 Å². The Morgan fingerprint density at radius 1 is 1.05 bits per heavy atom. The summed E-state index contributed by atoms with van der Waals surface area (Å²) in [5, 5.41) is 12.4. The Bertz CT molecular complexity index is 1490. The van der Waals surface area contributed by atoms with E-state index in [0.29, 0.717) is 0 Å². The van der Waals surface area contributed by atoms with Gasteiger partial charge in [-0.25, -0.2) is 0 Å². The van der Waals surface area contributed by atoms with Gasteiger partial charge < -0.3 is 24.8 Å². The summed E-state index contributed by atoms with van der Waals surface area (Å²) >= 11 is 0. The van der Waals surface area contributed by atoms with Gasteiger partial charge in [-0.05, 0) is 75.8 Å². The van der Waals surface area contributed by atoms with Crippen molar-refractivity contribution in [1.82, 2.24) is 35.3 Å². The molecule has 39 heavy (non-hydrogen) atoms. The van der Waals surface area contributed by atoms with Crippen molar-refractivity contribution in [2.45, 2.75) is 25.9 Å². The number of fused-ring (bicyclic) bond motifs is 1. The van der Waals surface area contributed by atoms with Gasteiger partial charge in [-0.2, -0.15) is 5.10 Å². The SMILES string of the molecule is C=C/C=C(\c1cc(-c2n[nH]c3ccc(-c4cncc(OC5CCNCC5)c4)cc23)[nH]c1C)N1CCN(C)CC1. The Kier molecular flexibility index (Phi) is 7.22. The van der Waals surface area contributed by atoms with Crippen molar-refractivity contribution in [3.8, 4) is 28.3 Å². The van der Waals surface area contributed by atoms with Gasteiger partial charge in [0, 0.05) is 60.3 Å². The fourth-order valence-corrected chi connectivity index (χ4v) is 5.62. The van der Waals surface area contributed by atoms with Crippen LogP contribution >= 0.6 is 0 Å². The molecule has 3 N–H and O–H groups in total. The predicted molar refractivity (Wildman–Crippen MR) is 158 cm³/mol. The number of H-pyrrole nitrogens is 2. The van der Waals surface area contributed by atoms with Crippen molar-refractivity contribution in [1.29, 1.82) is 0 Å². The van der Waals surface area contributed by atoms with Gasteiger partial charge in [-0.1, -0.05) is 18.7 Å². The number of benzene rings is 1. The maximum atomic E-state index is 6.25. The molecule has 0 radical (unpaired) electrons. The van der Waals surface area contributed by atoms with Crippen LogP contribution in [0.1, 0.15) is 24.1 Å². The topological polar surface area (TPSA) is 85.1 Å². The standard InChI is InChI=1S/C31H37N7O/c1-4-5-30(38-14-12-37(3)13-15-38)26-18-29(34-21(26)2)31-27-17-22(6-7-28(27)35-36-31)23-16-25(20-33-19-23)39-24-8-10-32-11-9-24/h4-7,16-20,24,32,34H,1,8-15H2,2-3H3,(H,35,36)/b30-5+. The number of nitrogens with one attached hydrogen (secondary N) is 3. The molecule has 0 bridgehead atoms. The smallest absolute Gasteiger partial charge is 0.138 e. The van der Waals surface area contributed by atoms with Crippen LogP contribution in [-0.4, -0.2) is 82.4 Å². The molecular weight excluding hydrogens is 486 g/mol. The van der Waals surface area contributed by atoms with E-state index in [2.05, 4.69) is 87.1 Å². The van der Waals surface area contributed by atoms with Gasteiger partial charge in [0.25, 0.3) is 0 Å². The van der Waals surface area contributed by atoms with E-state index < -0.39 is 0 Å². The summed E-state index contributed by atoms with van der Waals surface area (Å²) in [6.45, 7) is 12.2. The largest absolute Gasteiger partial charge is 0.489 e. The number of allylic oxidation sites excluding steroid dienone is 2. The molecule has 6 rings (SSSR count). The summed E-state index contributed by atoms with van der Waals surface area (Å²) < 4.78 is 6.25. The van der Waals surface area contributed by atoms with Crippen LogP contribution in [0.15, 0.2) is 61.5 Å². The van der Waals surface area contributed by atoms with E-state index in [0.717, 1.165) is 97.0 Å². The summed E-state index contributed by atoms with van der Waals surface area (Å²) in [5.41, 5.74) is 8.54. The van der Waals surface area contributed by atoms with E-state index >= 15 is 0 Å². The number of likely N-dealkylation sites (N-methyl/N-ethyl adjacent to an activating group) is 1. The van der Waals surface area contributed by atoms with E-state index in [1.807, 2.05) is 18.5 Å². The summed E-state index contributed by atoms with van der Waals surface area (Å²) in [7, 11) is 2.18. The zero-order valence-corrected chi connectivity index (χ0v) is 22.8. The van der Waals surface area contributed by atoms with Crippen molar-refractivity contribution in [2.24, 2.45) is 0 Å². The quantitative estimate of drug-likeness (QED) is 0.301. The normalized spacial score (nSPS) is 17.6. The number of ether oxygens (including phenoxy) is 1. The average Bonchev–Trinajstić information content (AvgIpc) is 3.56. The molecular formula is C31H37N7O. The molecule has 2 fully saturated rings. The first-order chi connectivity index (χ1) is 19.1. The van der Waals surface area contributed by atoms with E-state index in [1.54, 1.807) is 0 Å². The first-order valence-electron chi connectivity index (χ1n) is 13.9. The second-order valence-electron chi connectivity index (χ2n) is 10.6. The summed E-state index contributed by atoms with van der Waals surface area (Å²) in [4.78, 5) is 12.9. The highest BCUT2D eigenvalue weighted by atomic mass is 16.5. The second-order valence-corrected chi connectivity index (χ2v) is 10.6. The molecule has 2 aliphatic rings. The molecule has 0 atom stereocenters. The zero-order chi connectivity index (χ0) is 26.8. The third-order valence-corrected chi connectivity index (χ3v) is 7.86. The van der Waals surface area contributed by atoms with Crippen molar-refractivity contribution < 1.29 is 4.74 Å². The lowest BCUT2D eigenvalue weighted by Gasteiger charge is -2.35. The molecule has 8 heteroatoms. The number of hydrogen-bond acceptors (Lipinski definition) is 6. The number of pyridine rings is 1. The van der Waals surface area contributed by atoms with Gasteiger partial charge in [0.15, 0.2) is 0 Å². The van der Waals surface area contributed by atoms with Gasteiger partial charge in [-0.3, -0.25) is 10.1 Å². The summed E-state index contributed by atoms with van der Waals surface area (Å²) in [6, 6.07) is 10.7. The molecule has 3 aromatic heterocycles. The van der Waals surface area contributed by atoms with E-state index in [9.17, 15) is 0 Å². The minimum Gasteiger partial charge on any atom is -0.489 e. The number of piperidine rings is 1. The van der Waals surface area contributed by atoms with Gasteiger partial charge in [0.1, 0.15) is 17.5 Å². The third-order valence-electron chi connectivity index (χ3n) is 7.86. The Hall–Kier alpha value is -3.88. The van der Waals surface area contributed by atoms with Gasteiger partial charge in [0.05, 0.1) is 17.4 Å². The van der Waals surface area contributed by atoms with Crippen molar-refractivity contribution in [3.63, 3.8) is 0 Å². The second kappa shape index (κ2) is 11.1. The maximum Gasteiger partial charge on any atom is 0.138 e. The number of rotatable bonds is 7. The molecule has 8 nitrogen and oxygen atoms in total. The molecule has 0 saturated carbocycles. The summed E-state index contributed by atoms with van der Waals surface area (Å²) in [6.07, 6.45) is 9.99. The number of nitrogens with zero attached hydrogens (tertiary/aromatic N) is 4. The molecule has 0 aliphatic carbocycles. The fraction of sp³-hybridized carbons (Fsp3) is 0.355. The van der Waals surface area contributed by atoms with Crippen LogP contribution in [-0.2, 0) is 0 Å². The highest BCUT2D eigenvalue weighted by molar-refractivity contribution is 5.95. The van der Waals surface area contributed by atoms with Crippen LogP contribution in [0.5, 0.6) is 5.75 Å². The lowest BCUT2D eigenvalue weighted by molar-refractivity contribution is 0.162. The molecule has 5 heterocycles. The number of aromatic nitrogens is 4. The van der Waals surface area contributed by atoms with Crippen LogP contribution in [0.3, 0.4) is 0 Å². The Labute approximate surface area is 229 Å². The minimum absolute atomic E-state index is 0.238. The third kappa shape index (κ3) is 5.35. The van der Waals surface area contributed by atoms with Crippen LogP contribution in [0, 0.1) is 6.92 Å². The van der Waals surface area contributed by atoms with Crippen molar-refractivity contribution >= 4 is 16.6 Å². The minimum atomic E-state index is 0.238. The molecule has 2 saturated heterocycles. The maximum absolute atomic E-state index is 6.25. The first kappa shape index (κ1) is 25.4. The Balaban J connectivity index is 1.30. The lowest BCUT2D eigenvalue weighted by Crippen LogP contribution is -2.43. The number of hydrogen-bond donors (Lipinski definition) is 3. The highest BCUT2D eigenvalue weighted by Gasteiger charge is 2.21. The van der Waals surface area contributed by atoms with E-state index in [-0.39, 0.29) is 6.10 Å². The van der Waals surface area contributed by atoms with Crippen molar-refractivity contribution in [2.75, 3.05) is 46.3 Å². The zero-order valence-electron chi connectivity index (χ0n) is 22.8. The van der Waals surface area contributed by atoms with Crippen LogP contribution < -0.4 is 10.1 Å². The number of aryl methyl sites for hydroxylation is 1. The lowest BCUT2D eigenvalue weighted by atomic mass is 10.0. The van der Waals surface area contributed by atoms with Gasteiger partial charge in [0.2, 0.25) is 0 Å². The summed E-state index contributed by atoms with van der Waals surface area (Å²) in [5.74, 6) is 0.821. The molecule has 0 unspecified atom stereocenters. The van der Waals surface area contributed by atoms with Gasteiger partial charge >= 0.3 is 0 Å². The van der Waals surface area contributed by atoms with Crippen LogP contribution in [0.2, 0.25) is 0 Å². The molecule has 202 valence electrons. The van der Waals surface area contributed by atoms with Crippen LogP contribution in [0.4, 0.5) is 0 Å². The van der Waals surface area contributed by atoms with Crippen LogP contribution in [0.25, 0.3) is 39.1 Å². The van der Waals surface area contributed by atoms with E-state index in [4.69, 9.17) is 9.84 Å². The molecule has 0 spiro atoms. The molecule has 0 amide bonds. The van der Waals surface area contributed by atoms with Crippen molar-refractivity contribution in [3.05, 3.63) is 72.7 Å². The molecule has 2 aliphatic heterocycles. The number of piperazine rings is 1. The van der Waals surface area contributed by atoms with E-state index in [1.165, 1.54) is 11.3 Å². The Morgan fingerprint density at radius 3 is 2.67 bits per heavy atom. The Morgan fingerprint density at radius 2 is 1.87 bits per heavy atom. The average molecular weight is 524 g/mol. The monoisotopic (exact) mass is 523 g/mol. The highest BCUT2D eigenvalue weighted by Crippen LogP contribution is 2.34.